The van der Waals surface area contributed by atoms with Crippen LogP contribution in [0.3, 0.4) is 0 Å². The fourth-order valence-electron chi connectivity index (χ4n) is 2.06. The van der Waals surface area contributed by atoms with E-state index in [-0.39, 0.29) is 5.91 Å². The summed E-state index contributed by atoms with van der Waals surface area (Å²) in [5.74, 6) is 0.629. The summed E-state index contributed by atoms with van der Waals surface area (Å²) < 4.78 is 5.14. The van der Waals surface area contributed by atoms with Gasteiger partial charge in [0.15, 0.2) is 0 Å². The largest absolute Gasteiger partial charge is 0.384 e. The lowest BCUT2D eigenvalue weighted by atomic mass is 9.74. The highest BCUT2D eigenvalue weighted by molar-refractivity contribution is 5.83. The Bertz CT molecular complexity index is 282. The normalized spacial score (nSPS) is 22.0. The van der Waals surface area contributed by atoms with Gasteiger partial charge in [0, 0.05) is 31.7 Å². The fourth-order valence-corrected chi connectivity index (χ4v) is 2.06. The zero-order chi connectivity index (χ0) is 13.3. The first kappa shape index (κ1) is 14.5. The van der Waals surface area contributed by atoms with Gasteiger partial charge < -0.3 is 15.4 Å². The Morgan fingerprint density at radius 3 is 2.47 bits per heavy atom. The number of carbonyl (C=O) groups is 1. The fraction of sp³-hybridized carbons (Fsp3) is 0.923. The van der Waals surface area contributed by atoms with Gasteiger partial charge in [-0.25, -0.2) is 0 Å². The summed E-state index contributed by atoms with van der Waals surface area (Å²) in [6.45, 7) is 10.0. The summed E-state index contributed by atoms with van der Waals surface area (Å²) in [5.41, 5.74) is 5.06. The van der Waals surface area contributed by atoms with E-state index in [9.17, 15) is 4.79 Å². The van der Waals surface area contributed by atoms with Crippen molar-refractivity contribution in [3.8, 4) is 0 Å². The molecule has 0 aromatic heterocycles. The predicted molar refractivity (Wildman–Crippen MR) is 68.6 cm³/mol. The van der Waals surface area contributed by atoms with Crippen LogP contribution in [-0.2, 0) is 9.53 Å². The van der Waals surface area contributed by atoms with Crippen LogP contribution in [0.25, 0.3) is 0 Å². The third-order valence-corrected chi connectivity index (χ3v) is 4.12. The lowest BCUT2D eigenvalue weighted by Gasteiger charge is -2.39. The molecule has 100 valence electrons. The van der Waals surface area contributed by atoms with Crippen LogP contribution in [0.2, 0.25) is 0 Å². The number of hydrogen-bond donors (Lipinski definition) is 1. The third-order valence-electron chi connectivity index (χ3n) is 4.12. The zero-order valence-electron chi connectivity index (χ0n) is 11.7. The predicted octanol–water partition coefficient (Wildman–Crippen LogP) is 1.24. The molecule has 1 unspecified atom stereocenters. The Labute approximate surface area is 104 Å². The van der Waals surface area contributed by atoms with E-state index in [1.807, 2.05) is 32.6 Å². The molecular formula is C13H26N2O2. The second kappa shape index (κ2) is 4.94. The molecule has 0 saturated carbocycles. The molecular weight excluding hydrogens is 216 g/mol. The van der Waals surface area contributed by atoms with Gasteiger partial charge in [-0.15, -0.1) is 0 Å². The van der Waals surface area contributed by atoms with E-state index in [1.165, 1.54) is 0 Å². The topological polar surface area (TPSA) is 55.6 Å². The molecule has 1 fully saturated rings. The maximum Gasteiger partial charge on any atom is 0.230 e. The number of ether oxygens (including phenoxy) is 1. The average molecular weight is 242 g/mol. The summed E-state index contributed by atoms with van der Waals surface area (Å²) in [4.78, 5) is 14.4. The summed E-state index contributed by atoms with van der Waals surface area (Å²) in [7, 11) is 1.71. The molecule has 0 aliphatic carbocycles. The highest BCUT2D eigenvalue weighted by atomic mass is 16.5. The van der Waals surface area contributed by atoms with Crippen molar-refractivity contribution in [2.75, 3.05) is 26.8 Å². The number of hydrogen-bond acceptors (Lipinski definition) is 3. The van der Waals surface area contributed by atoms with Crippen molar-refractivity contribution in [1.29, 1.82) is 0 Å². The van der Waals surface area contributed by atoms with Crippen molar-refractivity contribution in [1.82, 2.24) is 4.90 Å². The van der Waals surface area contributed by atoms with Crippen molar-refractivity contribution in [2.24, 2.45) is 17.1 Å². The number of nitrogens with two attached hydrogens (primary N) is 1. The molecule has 1 heterocycles. The van der Waals surface area contributed by atoms with Gasteiger partial charge in [-0.3, -0.25) is 4.79 Å². The van der Waals surface area contributed by atoms with Crippen LogP contribution in [-0.4, -0.2) is 43.2 Å². The van der Waals surface area contributed by atoms with Crippen molar-refractivity contribution >= 4 is 5.91 Å². The maximum atomic E-state index is 12.5. The molecule has 0 aromatic carbocycles. The van der Waals surface area contributed by atoms with Gasteiger partial charge in [-0.2, -0.15) is 0 Å². The molecule has 17 heavy (non-hydrogen) atoms. The lowest BCUT2D eigenvalue weighted by Crippen LogP contribution is -2.56. The zero-order valence-corrected chi connectivity index (χ0v) is 11.7. The number of nitrogens with zero attached hydrogens (tertiary/aromatic N) is 1. The number of rotatable bonds is 4. The minimum atomic E-state index is -0.533. The van der Waals surface area contributed by atoms with E-state index in [0.29, 0.717) is 5.92 Å². The second-order valence-corrected chi connectivity index (χ2v) is 6.21. The molecule has 0 aromatic rings. The molecule has 1 atom stereocenters. The van der Waals surface area contributed by atoms with Crippen molar-refractivity contribution in [3.05, 3.63) is 0 Å². The van der Waals surface area contributed by atoms with Gasteiger partial charge in [0.1, 0.15) is 0 Å². The molecule has 1 rings (SSSR count). The molecule has 1 amide bonds. The molecule has 4 nitrogen and oxygen atoms in total. The SMILES string of the molecule is COCC1CCN(C(=O)C(C)(C)C(C)(C)N)C1. The van der Waals surface area contributed by atoms with E-state index >= 15 is 0 Å². The summed E-state index contributed by atoms with van der Waals surface area (Å²) in [6, 6.07) is 0. The highest BCUT2D eigenvalue weighted by Gasteiger charge is 2.44. The quantitative estimate of drug-likeness (QED) is 0.807. The molecule has 0 radical (unpaired) electrons. The molecule has 4 heteroatoms. The Hall–Kier alpha value is -0.610. The molecule has 2 N–H and O–H groups in total. The first-order valence-electron chi connectivity index (χ1n) is 6.27. The number of carbonyl (C=O) groups excluding carboxylic acids is 1. The lowest BCUT2D eigenvalue weighted by molar-refractivity contribution is -0.142. The van der Waals surface area contributed by atoms with Gasteiger partial charge in [0.05, 0.1) is 12.0 Å². The molecule has 0 spiro atoms. The van der Waals surface area contributed by atoms with Crippen LogP contribution in [0, 0.1) is 11.3 Å². The first-order chi connectivity index (χ1) is 7.70. The van der Waals surface area contributed by atoms with Gasteiger partial charge in [-0.1, -0.05) is 0 Å². The Morgan fingerprint density at radius 1 is 1.41 bits per heavy atom. The standard InChI is InChI=1S/C13H26N2O2/c1-12(2,13(3,4)14)11(16)15-7-6-10(8-15)9-17-5/h10H,6-9,14H2,1-5H3. The number of methoxy groups -OCH3 is 1. The monoisotopic (exact) mass is 242 g/mol. The highest BCUT2D eigenvalue weighted by Crippen LogP contribution is 2.32. The van der Waals surface area contributed by atoms with Crippen LogP contribution >= 0.6 is 0 Å². The van der Waals surface area contributed by atoms with E-state index in [4.69, 9.17) is 10.5 Å². The van der Waals surface area contributed by atoms with Crippen LogP contribution in [0.1, 0.15) is 34.1 Å². The van der Waals surface area contributed by atoms with E-state index < -0.39 is 11.0 Å². The van der Waals surface area contributed by atoms with Crippen molar-refractivity contribution in [3.63, 3.8) is 0 Å². The summed E-state index contributed by atoms with van der Waals surface area (Å²) in [5, 5.41) is 0. The minimum absolute atomic E-state index is 0.156. The van der Waals surface area contributed by atoms with Gasteiger partial charge in [0.2, 0.25) is 5.91 Å². The van der Waals surface area contributed by atoms with Crippen LogP contribution in [0.15, 0.2) is 0 Å². The molecule has 0 bridgehead atoms. The van der Waals surface area contributed by atoms with Crippen LogP contribution in [0.4, 0.5) is 0 Å². The Morgan fingerprint density at radius 2 is 2.00 bits per heavy atom. The van der Waals surface area contributed by atoms with Crippen LogP contribution in [0.5, 0.6) is 0 Å². The van der Waals surface area contributed by atoms with Crippen molar-refractivity contribution < 1.29 is 9.53 Å². The van der Waals surface area contributed by atoms with Crippen LogP contribution < -0.4 is 5.73 Å². The van der Waals surface area contributed by atoms with Crippen molar-refractivity contribution in [2.45, 2.75) is 39.7 Å². The maximum absolute atomic E-state index is 12.5. The Balaban J connectivity index is 2.67. The van der Waals surface area contributed by atoms with Gasteiger partial charge >= 0.3 is 0 Å². The summed E-state index contributed by atoms with van der Waals surface area (Å²) >= 11 is 0. The van der Waals surface area contributed by atoms with Gasteiger partial charge in [-0.05, 0) is 34.1 Å². The molecule has 1 aliphatic heterocycles. The first-order valence-corrected chi connectivity index (χ1v) is 6.27. The van der Waals surface area contributed by atoms with Gasteiger partial charge in [0.25, 0.3) is 0 Å². The Kier molecular flexibility index (Phi) is 4.20. The van der Waals surface area contributed by atoms with E-state index in [1.54, 1.807) is 7.11 Å². The molecule has 1 saturated heterocycles. The number of likely N-dealkylation sites (tertiary alicyclic amines) is 1. The van der Waals surface area contributed by atoms with E-state index in [2.05, 4.69) is 0 Å². The molecule has 1 aliphatic rings. The average Bonchev–Trinajstić information content (AvgIpc) is 2.64. The smallest absolute Gasteiger partial charge is 0.230 e. The van der Waals surface area contributed by atoms with E-state index in [0.717, 1.165) is 26.1 Å². The third kappa shape index (κ3) is 2.99. The second-order valence-electron chi connectivity index (χ2n) is 6.21. The minimum Gasteiger partial charge on any atom is -0.384 e. The summed E-state index contributed by atoms with van der Waals surface area (Å²) in [6.07, 6.45) is 1.03. The number of amides is 1.